The number of halogens is 2. The molecule has 0 fully saturated rings. The number of aliphatic imine (C=N–C) groups is 1. The first-order valence-corrected chi connectivity index (χ1v) is 10.8. The van der Waals surface area contributed by atoms with Gasteiger partial charge in [-0.2, -0.15) is 0 Å². The Morgan fingerprint density at radius 2 is 1.80 bits per heavy atom. The molecule has 1 N–H and O–H groups in total. The number of nitrogens with zero attached hydrogens (tertiary/aromatic N) is 1. The first kappa shape index (κ1) is 24.0. The number of hydrogen-bond donors (Lipinski definition) is 1. The Labute approximate surface area is 191 Å². The van der Waals surface area contributed by atoms with E-state index in [0.29, 0.717) is 0 Å². The molecule has 0 amide bonds. The first-order valence-electron chi connectivity index (χ1n) is 10.0. The topological polar surface area (TPSA) is 24.4 Å². The highest BCUT2D eigenvalue weighted by Gasteiger charge is 2.10. The second-order valence-electron chi connectivity index (χ2n) is 7.56. The lowest BCUT2D eigenvalue weighted by Gasteiger charge is -2.16. The van der Waals surface area contributed by atoms with E-state index in [1.807, 2.05) is 70.2 Å². The van der Waals surface area contributed by atoms with Crippen LogP contribution in [0.3, 0.4) is 0 Å². The molecule has 1 atom stereocenters. The molecule has 2 aromatic carbocycles. The van der Waals surface area contributed by atoms with Crippen molar-refractivity contribution in [2.45, 2.75) is 41.5 Å². The van der Waals surface area contributed by atoms with Crippen LogP contribution in [0.5, 0.6) is 0 Å². The molecule has 0 spiro atoms. The molecular weight excluding hydrogens is 411 g/mol. The third kappa shape index (κ3) is 6.10. The monoisotopic (exact) mass is 440 g/mol. The molecule has 2 nitrogen and oxygen atoms in total. The second kappa shape index (κ2) is 10.7. The van der Waals surface area contributed by atoms with Crippen molar-refractivity contribution in [1.29, 1.82) is 0 Å². The van der Waals surface area contributed by atoms with Gasteiger partial charge in [0.2, 0.25) is 0 Å². The molecule has 0 heterocycles. The number of aryl methyl sites for hydroxylation is 2. The van der Waals surface area contributed by atoms with Crippen LogP contribution in [0.4, 0.5) is 5.69 Å². The van der Waals surface area contributed by atoms with Crippen molar-refractivity contribution in [3.8, 4) is 0 Å². The summed E-state index contributed by atoms with van der Waals surface area (Å²) in [6, 6.07) is 11.9. The van der Waals surface area contributed by atoms with Crippen molar-refractivity contribution in [2.24, 2.45) is 10.9 Å². The molecular formula is C26H30Cl2N2. The number of nitrogens with one attached hydrogen (secondary N) is 1. The van der Waals surface area contributed by atoms with Crippen molar-refractivity contribution in [3.63, 3.8) is 0 Å². The molecule has 4 heteroatoms. The van der Waals surface area contributed by atoms with Crippen LogP contribution in [0.15, 0.2) is 77.1 Å². The number of hydrogen-bond acceptors (Lipinski definition) is 2. The Bertz CT molecular complexity index is 1030. The van der Waals surface area contributed by atoms with Crippen LogP contribution in [0, 0.1) is 19.8 Å². The van der Waals surface area contributed by atoms with Crippen molar-refractivity contribution in [3.05, 3.63) is 98.8 Å². The van der Waals surface area contributed by atoms with E-state index in [4.69, 9.17) is 28.2 Å². The van der Waals surface area contributed by atoms with Crippen molar-refractivity contribution >= 4 is 34.6 Å². The van der Waals surface area contributed by atoms with Gasteiger partial charge in [-0.3, -0.25) is 4.99 Å². The van der Waals surface area contributed by atoms with Gasteiger partial charge in [-0.05, 0) is 63.5 Å². The average Bonchev–Trinajstić information content (AvgIpc) is 2.70. The van der Waals surface area contributed by atoms with Gasteiger partial charge in [-0.25, -0.2) is 0 Å². The molecule has 0 radical (unpaired) electrons. The fourth-order valence-corrected chi connectivity index (χ4v) is 3.52. The number of anilines is 1. The predicted octanol–water partition coefficient (Wildman–Crippen LogP) is 8.53. The maximum absolute atomic E-state index is 6.47. The zero-order valence-corrected chi connectivity index (χ0v) is 20.1. The van der Waals surface area contributed by atoms with E-state index in [-0.39, 0.29) is 5.92 Å². The summed E-state index contributed by atoms with van der Waals surface area (Å²) in [6.45, 7) is 16.3. The standard InChI is InChI=1S/C26H30Cl2N2/c1-8-25(30-21(7)23-11-9-10-17(3)26(23)28)19(5)14-18(4)20(6)29-22-13-12-16(2)24(27)15-22/h8-15,18,29H,6H2,1-5,7H3/b19-14-,25-8+,30-21?. The van der Waals surface area contributed by atoms with E-state index in [1.165, 1.54) is 0 Å². The molecule has 0 aliphatic heterocycles. The highest BCUT2D eigenvalue weighted by atomic mass is 35.5. The largest absolute Gasteiger partial charge is 0.359 e. The molecule has 30 heavy (non-hydrogen) atoms. The highest BCUT2D eigenvalue weighted by Crippen LogP contribution is 2.25. The summed E-state index contributed by atoms with van der Waals surface area (Å²) in [4.78, 5) is 4.84. The van der Waals surface area contributed by atoms with E-state index in [0.717, 1.165) is 55.1 Å². The van der Waals surface area contributed by atoms with E-state index in [9.17, 15) is 0 Å². The van der Waals surface area contributed by atoms with Crippen molar-refractivity contribution < 1.29 is 0 Å². The van der Waals surface area contributed by atoms with E-state index >= 15 is 0 Å². The lowest BCUT2D eigenvalue weighted by atomic mass is 10.0. The van der Waals surface area contributed by atoms with Crippen LogP contribution >= 0.6 is 23.2 Å². The minimum absolute atomic E-state index is 0.109. The van der Waals surface area contributed by atoms with Crippen LogP contribution < -0.4 is 5.32 Å². The molecule has 1 unspecified atom stereocenters. The van der Waals surface area contributed by atoms with Gasteiger partial charge in [0.25, 0.3) is 0 Å². The Morgan fingerprint density at radius 1 is 1.10 bits per heavy atom. The summed E-state index contributed by atoms with van der Waals surface area (Å²) < 4.78 is 0. The van der Waals surface area contributed by atoms with Gasteiger partial charge in [0.15, 0.2) is 0 Å². The highest BCUT2D eigenvalue weighted by molar-refractivity contribution is 6.35. The van der Waals surface area contributed by atoms with Crippen LogP contribution in [0.2, 0.25) is 10.0 Å². The van der Waals surface area contributed by atoms with E-state index in [2.05, 4.69) is 31.8 Å². The van der Waals surface area contributed by atoms with Crippen LogP contribution in [-0.4, -0.2) is 5.71 Å². The van der Waals surface area contributed by atoms with Gasteiger partial charge in [-0.1, -0.05) is 73.1 Å². The smallest absolute Gasteiger partial charge is 0.0616 e. The molecule has 0 aromatic heterocycles. The lowest BCUT2D eigenvalue weighted by Crippen LogP contribution is -2.07. The van der Waals surface area contributed by atoms with Gasteiger partial charge in [0, 0.05) is 33.6 Å². The maximum atomic E-state index is 6.47. The minimum atomic E-state index is 0.109. The Balaban J connectivity index is 2.19. The number of benzene rings is 2. The summed E-state index contributed by atoms with van der Waals surface area (Å²) in [7, 11) is 0. The Kier molecular flexibility index (Phi) is 8.52. The number of rotatable bonds is 7. The zero-order valence-electron chi connectivity index (χ0n) is 18.6. The maximum Gasteiger partial charge on any atom is 0.0616 e. The molecule has 0 bridgehead atoms. The molecule has 0 aliphatic rings. The molecule has 2 rings (SSSR count). The van der Waals surface area contributed by atoms with Gasteiger partial charge in [0.05, 0.1) is 10.7 Å². The SMILES string of the molecule is C=C(Nc1ccc(C)c(Cl)c1)C(C)/C=C(C)\C(=C/C)N=C(C)c1cccc(C)c1Cl. The Hall–Kier alpha value is -2.29. The van der Waals surface area contributed by atoms with Gasteiger partial charge in [-0.15, -0.1) is 0 Å². The molecule has 2 aromatic rings. The summed E-state index contributed by atoms with van der Waals surface area (Å²) in [6.07, 6.45) is 4.18. The number of allylic oxidation sites excluding steroid dienone is 3. The normalized spacial score (nSPS) is 13.9. The van der Waals surface area contributed by atoms with Crippen molar-refractivity contribution in [1.82, 2.24) is 0 Å². The zero-order chi connectivity index (χ0) is 22.4. The minimum Gasteiger partial charge on any atom is -0.359 e. The van der Waals surface area contributed by atoms with Crippen molar-refractivity contribution in [2.75, 3.05) is 5.32 Å². The van der Waals surface area contributed by atoms with Gasteiger partial charge < -0.3 is 5.32 Å². The van der Waals surface area contributed by atoms with Gasteiger partial charge in [0.1, 0.15) is 0 Å². The quantitative estimate of drug-likeness (QED) is 0.338. The van der Waals surface area contributed by atoms with Gasteiger partial charge >= 0.3 is 0 Å². The Morgan fingerprint density at radius 3 is 2.43 bits per heavy atom. The molecule has 0 saturated carbocycles. The summed E-state index contributed by atoms with van der Waals surface area (Å²) >= 11 is 12.7. The fourth-order valence-electron chi connectivity index (χ4n) is 3.08. The lowest BCUT2D eigenvalue weighted by molar-refractivity contribution is 0.863. The molecule has 158 valence electrons. The average molecular weight is 441 g/mol. The van der Waals surface area contributed by atoms with Crippen LogP contribution in [0.25, 0.3) is 0 Å². The third-order valence-electron chi connectivity index (χ3n) is 5.07. The third-order valence-corrected chi connectivity index (χ3v) is 5.98. The van der Waals surface area contributed by atoms with Crippen LogP contribution in [0.1, 0.15) is 44.4 Å². The molecule has 0 aliphatic carbocycles. The summed E-state index contributed by atoms with van der Waals surface area (Å²) in [5.41, 5.74) is 7.78. The predicted molar refractivity (Wildman–Crippen MR) is 134 cm³/mol. The molecule has 0 saturated heterocycles. The van der Waals surface area contributed by atoms with E-state index in [1.54, 1.807) is 0 Å². The fraction of sp³-hybridized carbons (Fsp3) is 0.269. The first-order chi connectivity index (χ1) is 14.1. The van der Waals surface area contributed by atoms with E-state index < -0.39 is 0 Å². The van der Waals surface area contributed by atoms with Crippen LogP contribution in [-0.2, 0) is 0 Å². The summed E-state index contributed by atoms with van der Waals surface area (Å²) in [5, 5.41) is 4.84. The second-order valence-corrected chi connectivity index (χ2v) is 8.35. The summed E-state index contributed by atoms with van der Waals surface area (Å²) in [5.74, 6) is 0.109.